The Hall–Kier alpha value is -1.47. The van der Waals surface area contributed by atoms with Gasteiger partial charge in [0.25, 0.3) is 0 Å². The van der Waals surface area contributed by atoms with E-state index in [1.807, 2.05) is 13.8 Å². The Morgan fingerprint density at radius 2 is 1.90 bits per heavy atom. The van der Waals surface area contributed by atoms with Gasteiger partial charge in [-0.15, -0.1) is 0 Å². The molecule has 30 heavy (non-hydrogen) atoms. The van der Waals surface area contributed by atoms with Crippen LogP contribution in [-0.4, -0.2) is 42.8 Å². The Morgan fingerprint density at radius 1 is 1.13 bits per heavy atom. The van der Waals surface area contributed by atoms with Crippen molar-refractivity contribution in [3.8, 4) is 5.75 Å². The first-order chi connectivity index (χ1) is 14.3. The molecule has 2 fully saturated rings. The monoisotopic (exact) mass is 420 g/mol. The molecule has 2 saturated heterocycles. The van der Waals surface area contributed by atoms with E-state index in [0.717, 1.165) is 43.4 Å². The van der Waals surface area contributed by atoms with E-state index in [1.165, 1.54) is 12.5 Å². The number of carbonyl (C=O) groups excluding carboxylic acids is 1. The molecule has 0 bridgehead atoms. The Kier molecular flexibility index (Phi) is 7.91. The Labute approximate surface area is 180 Å². The highest BCUT2D eigenvalue weighted by Crippen LogP contribution is 2.39. The van der Waals surface area contributed by atoms with Crippen molar-refractivity contribution in [2.75, 3.05) is 6.61 Å². The molecule has 3 rings (SSSR count). The molecule has 0 amide bonds. The predicted octanol–water partition coefficient (Wildman–Crippen LogP) is 4.56. The molecule has 2 aliphatic heterocycles. The molecule has 0 unspecified atom stereocenters. The van der Waals surface area contributed by atoms with Gasteiger partial charge in [0.2, 0.25) is 0 Å². The van der Waals surface area contributed by atoms with Crippen molar-refractivity contribution in [2.45, 2.75) is 104 Å². The van der Waals surface area contributed by atoms with Crippen LogP contribution in [0, 0.1) is 0 Å². The summed E-state index contributed by atoms with van der Waals surface area (Å²) in [5.74, 6) is 0.0982. The van der Waals surface area contributed by atoms with Gasteiger partial charge < -0.3 is 23.7 Å². The van der Waals surface area contributed by atoms with Gasteiger partial charge in [0, 0.05) is 0 Å². The molecule has 2 aliphatic rings. The summed E-state index contributed by atoms with van der Waals surface area (Å²) in [5.41, 5.74) is 2.24. The molecule has 4 atom stereocenters. The van der Waals surface area contributed by atoms with Crippen molar-refractivity contribution < 1.29 is 28.5 Å². The summed E-state index contributed by atoms with van der Waals surface area (Å²) in [6.45, 7) is 10.6. The quantitative estimate of drug-likeness (QED) is 0.489. The Morgan fingerprint density at radius 3 is 2.60 bits per heavy atom. The maximum Gasteiger partial charge on any atom is 0.190 e. The molecule has 6 heteroatoms. The highest BCUT2D eigenvalue weighted by atomic mass is 16.8. The van der Waals surface area contributed by atoms with Crippen LogP contribution in [0.2, 0.25) is 0 Å². The summed E-state index contributed by atoms with van der Waals surface area (Å²) in [6, 6.07) is 6.26. The number of carbonyl (C=O) groups is 1. The van der Waals surface area contributed by atoms with E-state index < -0.39 is 30.4 Å². The Bertz CT molecular complexity index is 716. The molecule has 0 radical (unpaired) electrons. The summed E-state index contributed by atoms with van der Waals surface area (Å²) in [7, 11) is 0. The number of aryl methyl sites for hydroxylation is 1. The average molecular weight is 421 g/mol. The third kappa shape index (κ3) is 5.61. The molecule has 168 valence electrons. The number of unbranched alkanes of at least 4 members (excludes halogenated alkanes) is 2. The van der Waals surface area contributed by atoms with Gasteiger partial charge in [0.15, 0.2) is 17.9 Å². The fourth-order valence-electron chi connectivity index (χ4n) is 3.90. The fourth-order valence-corrected chi connectivity index (χ4v) is 3.90. The lowest BCUT2D eigenvalue weighted by molar-refractivity contribution is -0.218. The first-order valence-electron chi connectivity index (χ1n) is 11.2. The first-order valence-corrected chi connectivity index (χ1v) is 11.2. The molecule has 1 aromatic rings. The maximum atomic E-state index is 12.1. The molecule has 0 saturated carbocycles. The van der Waals surface area contributed by atoms with Crippen LogP contribution in [0.3, 0.4) is 0 Å². The number of hydrogen-bond donors (Lipinski definition) is 0. The SMILES string of the molecule is CCCCOc1cc(CO[C@@H]2[C@H]3OC(C)(C)O[C@H]3O[C@@H]2C(C)=O)ccc1CCCC. The highest BCUT2D eigenvalue weighted by Gasteiger charge is 2.56. The van der Waals surface area contributed by atoms with Gasteiger partial charge in [-0.25, -0.2) is 0 Å². The smallest absolute Gasteiger partial charge is 0.190 e. The molecule has 0 spiro atoms. The number of hydrogen-bond acceptors (Lipinski definition) is 6. The summed E-state index contributed by atoms with van der Waals surface area (Å²) >= 11 is 0. The zero-order valence-electron chi connectivity index (χ0n) is 18.9. The predicted molar refractivity (Wildman–Crippen MR) is 113 cm³/mol. The van der Waals surface area contributed by atoms with Crippen molar-refractivity contribution in [1.82, 2.24) is 0 Å². The van der Waals surface area contributed by atoms with Gasteiger partial charge in [-0.2, -0.15) is 0 Å². The molecular formula is C24H36O6. The molecular weight excluding hydrogens is 384 g/mol. The molecule has 0 aromatic heterocycles. The van der Waals surface area contributed by atoms with Crippen LogP contribution >= 0.6 is 0 Å². The Balaban J connectivity index is 1.69. The van der Waals surface area contributed by atoms with Crippen LogP contribution in [0.1, 0.15) is 71.4 Å². The summed E-state index contributed by atoms with van der Waals surface area (Å²) in [6.07, 6.45) is 3.24. The van der Waals surface area contributed by atoms with E-state index >= 15 is 0 Å². The lowest BCUT2D eigenvalue weighted by Gasteiger charge is -2.25. The number of fused-ring (bicyclic) bond motifs is 1. The standard InChI is InChI=1S/C24H36O6/c1-6-8-10-18-12-11-17(14-19(18)26-13-9-7-2)15-27-21-20(16(3)25)28-23-22(21)29-24(4,5)30-23/h11-12,14,20-23H,6-10,13,15H2,1-5H3/t20-,21+,22-,23-/m1/s1. The lowest BCUT2D eigenvalue weighted by atomic mass is 10.0. The van der Waals surface area contributed by atoms with E-state index in [-0.39, 0.29) is 5.78 Å². The minimum Gasteiger partial charge on any atom is -0.493 e. The summed E-state index contributed by atoms with van der Waals surface area (Å²) < 4.78 is 29.7. The van der Waals surface area contributed by atoms with Crippen LogP contribution < -0.4 is 4.74 Å². The van der Waals surface area contributed by atoms with Gasteiger partial charge in [-0.05, 0) is 57.2 Å². The number of ether oxygens (including phenoxy) is 5. The van der Waals surface area contributed by atoms with E-state index in [1.54, 1.807) is 0 Å². The largest absolute Gasteiger partial charge is 0.493 e. The van der Waals surface area contributed by atoms with Crippen molar-refractivity contribution in [3.63, 3.8) is 0 Å². The van der Waals surface area contributed by atoms with E-state index in [9.17, 15) is 4.79 Å². The van der Waals surface area contributed by atoms with E-state index in [0.29, 0.717) is 13.2 Å². The first kappa shape index (κ1) is 23.2. The minimum absolute atomic E-state index is 0.0853. The third-order valence-corrected chi connectivity index (χ3v) is 5.52. The summed E-state index contributed by atoms with van der Waals surface area (Å²) in [5, 5.41) is 0. The zero-order valence-corrected chi connectivity index (χ0v) is 18.9. The lowest BCUT2D eigenvalue weighted by Crippen LogP contribution is -2.39. The van der Waals surface area contributed by atoms with Crippen LogP contribution in [0.25, 0.3) is 0 Å². The number of benzene rings is 1. The van der Waals surface area contributed by atoms with Gasteiger partial charge in [0.05, 0.1) is 13.2 Å². The van der Waals surface area contributed by atoms with Crippen molar-refractivity contribution in [3.05, 3.63) is 29.3 Å². The fraction of sp³-hybridized carbons (Fsp3) is 0.708. The highest BCUT2D eigenvalue weighted by molar-refractivity contribution is 5.81. The van der Waals surface area contributed by atoms with Crippen LogP contribution in [0.15, 0.2) is 18.2 Å². The summed E-state index contributed by atoms with van der Waals surface area (Å²) in [4.78, 5) is 12.1. The van der Waals surface area contributed by atoms with Crippen LogP contribution in [0.4, 0.5) is 0 Å². The van der Waals surface area contributed by atoms with Crippen molar-refractivity contribution in [1.29, 1.82) is 0 Å². The van der Waals surface area contributed by atoms with Gasteiger partial charge in [0.1, 0.15) is 24.1 Å². The van der Waals surface area contributed by atoms with Crippen molar-refractivity contribution >= 4 is 5.78 Å². The van der Waals surface area contributed by atoms with Crippen molar-refractivity contribution in [2.24, 2.45) is 0 Å². The van der Waals surface area contributed by atoms with Crippen LogP contribution in [0.5, 0.6) is 5.75 Å². The topological polar surface area (TPSA) is 63.2 Å². The van der Waals surface area contributed by atoms with E-state index in [4.69, 9.17) is 23.7 Å². The molecule has 0 aliphatic carbocycles. The molecule has 1 aromatic carbocycles. The maximum absolute atomic E-state index is 12.1. The average Bonchev–Trinajstić information content (AvgIpc) is 3.17. The zero-order chi connectivity index (χ0) is 21.7. The molecule has 6 nitrogen and oxygen atoms in total. The number of rotatable bonds is 11. The van der Waals surface area contributed by atoms with Gasteiger partial charge in [-0.3, -0.25) is 4.79 Å². The third-order valence-electron chi connectivity index (χ3n) is 5.52. The number of Topliss-reactive ketones (excluding diaryl/α,β-unsaturated/α-hetero) is 1. The minimum atomic E-state index is -0.750. The second-order valence-electron chi connectivity index (χ2n) is 8.66. The normalized spacial score (nSPS) is 27.2. The van der Waals surface area contributed by atoms with Gasteiger partial charge >= 0.3 is 0 Å². The number of ketones is 1. The molecule has 2 heterocycles. The second kappa shape index (κ2) is 10.2. The second-order valence-corrected chi connectivity index (χ2v) is 8.66. The van der Waals surface area contributed by atoms with Gasteiger partial charge in [-0.1, -0.05) is 38.8 Å². The van der Waals surface area contributed by atoms with Crippen LogP contribution in [-0.2, 0) is 36.8 Å². The molecule has 0 N–H and O–H groups in total. The van der Waals surface area contributed by atoms with E-state index in [2.05, 4.69) is 32.0 Å².